The molecule has 0 bridgehead atoms. The number of benzene rings is 1. The van der Waals surface area contributed by atoms with Gasteiger partial charge in [0.1, 0.15) is 5.70 Å². The average Bonchev–Trinajstić information content (AvgIpc) is 3.01. The number of carbonyl (C=O) groups excluding carboxylic acids is 3. The highest BCUT2D eigenvalue weighted by Gasteiger charge is 2.29. The van der Waals surface area contributed by atoms with Crippen molar-refractivity contribution in [1.29, 1.82) is 0 Å². The molecule has 1 aliphatic rings. The molecule has 5 heteroatoms. The first-order valence-corrected chi connectivity index (χ1v) is 6.88. The number of carbonyl (C=O) groups is 2. The first-order chi connectivity index (χ1) is 10.1. The topological polar surface area (TPSA) is 57.7 Å². The van der Waals surface area contributed by atoms with Crippen LogP contribution in [0.5, 0.6) is 0 Å². The van der Waals surface area contributed by atoms with Crippen LogP contribution in [0.2, 0.25) is 0 Å². The van der Waals surface area contributed by atoms with Gasteiger partial charge < -0.3 is 4.90 Å². The molecule has 1 aromatic rings. The van der Waals surface area contributed by atoms with E-state index in [0.717, 1.165) is 23.3 Å². The summed E-state index contributed by atoms with van der Waals surface area (Å²) in [6.07, 6.45) is 5.03. The van der Waals surface area contributed by atoms with Crippen molar-refractivity contribution in [1.82, 2.24) is 9.80 Å². The smallest absolute Gasteiger partial charge is 0.324 e. The number of imide groups is 1. The number of hydrogen-bond donors (Lipinski definition) is 0. The molecule has 0 spiro atoms. The predicted octanol–water partition coefficient (Wildman–Crippen LogP) is 2.20. The van der Waals surface area contributed by atoms with Crippen LogP contribution in [0.1, 0.15) is 25.3 Å². The van der Waals surface area contributed by atoms with Crippen molar-refractivity contribution in [2.75, 3.05) is 13.1 Å². The molecule has 1 aliphatic heterocycles. The van der Waals surface area contributed by atoms with E-state index in [4.69, 9.17) is 0 Å². The third kappa shape index (κ3) is 3.56. The number of urea groups is 1. The number of allylic oxidation sites excluding steroid dienone is 1. The van der Waals surface area contributed by atoms with E-state index in [1.165, 1.54) is 13.0 Å². The van der Waals surface area contributed by atoms with Gasteiger partial charge >= 0.3 is 6.03 Å². The zero-order valence-electron chi connectivity index (χ0n) is 11.9. The molecule has 1 fully saturated rings. The summed E-state index contributed by atoms with van der Waals surface area (Å²) in [6.45, 7) is 2.49. The molecule has 1 radical (unpaired) electrons. The van der Waals surface area contributed by atoms with Crippen LogP contribution >= 0.6 is 0 Å². The quantitative estimate of drug-likeness (QED) is 0.800. The van der Waals surface area contributed by atoms with Crippen molar-refractivity contribution in [3.05, 3.63) is 41.6 Å². The van der Waals surface area contributed by atoms with Gasteiger partial charge in [0, 0.05) is 20.0 Å². The Labute approximate surface area is 123 Å². The molecule has 5 nitrogen and oxygen atoms in total. The van der Waals surface area contributed by atoms with E-state index in [0.29, 0.717) is 13.1 Å². The van der Waals surface area contributed by atoms with Crippen LogP contribution in [-0.2, 0) is 9.59 Å². The Morgan fingerprint density at radius 2 is 1.81 bits per heavy atom. The molecule has 0 saturated carbocycles. The first kappa shape index (κ1) is 15.0. The van der Waals surface area contributed by atoms with Gasteiger partial charge in [0.25, 0.3) is 6.29 Å². The molecule has 0 unspecified atom stereocenters. The summed E-state index contributed by atoms with van der Waals surface area (Å²) in [5.41, 5.74) is 0.668. The Hall–Kier alpha value is -2.43. The fraction of sp³-hybridized carbons (Fsp3) is 0.312. The molecular formula is C16H17N2O3. The largest absolute Gasteiger partial charge is 0.331 e. The third-order valence-corrected chi connectivity index (χ3v) is 3.33. The van der Waals surface area contributed by atoms with E-state index >= 15 is 0 Å². The fourth-order valence-corrected chi connectivity index (χ4v) is 2.30. The average molecular weight is 285 g/mol. The molecule has 109 valence electrons. The van der Waals surface area contributed by atoms with Crippen LogP contribution in [0.4, 0.5) is 4.79 Å². The Balaban J connectivity index is 2.30. The number of amides is 3. The second-order valence-electron chi connectivity index (χ2n) is 4.87. The van der Waals surface area contributed by atoms with Crippen molar-refractivity contribution in [2.45, 2.75) is 19.8 Å². The van der Waals surface area contributed by atoms with Gasteiger partial charge in [-0.05, 0) is 24.5 Å². The summed E-state index contributed by atoms with van der Waals surface area (Å²) in [4.78, 5) is 37.9. The fourth-order valence-electron chi connectivity index (χ4n) is 2.30. The molecule has 1 heterocycles. The molecule has 1 aromatic carbocycles. The highest BCUT2D eigenvalue weighted by atomic mass is 16.2. The summed E-state index contributed by atoms with van der Waals surface area (Å²) >= 11 is 0. The van der Waals surface area contributed by atoms with Crippen molar-refractivity contribution in [3.63, 3.8) is 0 Å². The van der Waals surface area contributed by atoms with Gasteiger partial charge in [-0.2, -0.15) is 0 Å². The van der Waals surface area contributed by atoms with Crippen LogP contribution < -0.4 is 0 Å². The Bertz CT molecular complexity index is 560. The predicted molar refractivity (Wildman–Crippen MR) is 78.8 cm³/mol. The van der Waals surface area contributed by atoms with Crippen LogP contribution in [0.15, 0.2) is 36.0 Å². The summed E-state index contributed by atoms with van der Waals surface area (Å²) < 4.78 is 0. The molecule has 0 N–H and O–H groups in total. The maximum Gasteiger partial charge on any atom is 0.331 e. The van der Waals surface area contributed by atoms with Gasteiger partial charge in [0.2, 0.25) is 5.91 Å². The molecule has 0 atom stereocenters. The normalized spacial score (nSPS) is 14.9. The molecule has 1 saturated heterocycles. The van der Waals surface area contributed by atoms with Crippen LogP contribution in [0.25, 0.3) is 6.08 Å². The molecular weight excluding hydrogens is 268 g/mol. The lowest BCUT2D eigenvalue weighted by molar-refractivity contribution is -0.124. The Morgan fingerprint density at radius 3 is 2.33 bits per heavy atom. The minimum absolute atomic E-state index is 0.0643. The van der Waals surface area contributed by atoms with Gasteiger partial charge in [0.15, 0.2) is 0 Å². The maximum absolute atomic E-state index is 12.4. The van der Waals surface area contributed by atoms with Crippen molar-refractivity contribution < 1.29 is 14.4 Å². The number of likely N-dealkylation sites (tertiary alicyclic amines) is 1. The monoisotopic (exact) mass is 285 g/mol. The Kier molecular flexibility index (Phi) is 4.87. The highest BCUT2D eigenvalue weighted by Crippen LogP contribution is 2.16. The van der Waals surface area contributed by atoms with Gasteiger partial charge in [-0.1, -0.05) is 30.3 Å². The molecule has 0 aromatic heterocycles. The lowest BCUT2D eigenvalue weighted by Crippen LogP contribution is -2.44. The minimum Gasteiger partial charge on any atom is -0.324 e. The SMILES string of the molecule is CC(=O)N(C(=O)N1CCCC1)C([C]=O)=Cc1ccccc1. The second kappa shape index (κ2) is 6.83. The van der Waals surface area contributed by atoms with Crippen LogP contribution in [0, 0.1) is 0 Å². The summed E-state index contributed by atoms with van der Waals surface area (Å²) in [5.74, 6) is -0.488. The minimum atomic E-state index is -0.488. The van der Waals surface area contributed by atoms with Gasteiger partial charge in [-0.15, -0.1) is 0 Å². The lowest BCUT2D eigenvalue weighted by Gasteiger charge is -2.24. The van der Waals surface area contributed by atoms with Crippen LogP contribution in [0.3, 0.4) is 0 Å². The van der Waals surface area contributed by atoms with Crippen molar-refractivity contribution >= 4 is 24.3 Å². The Morgan fingerprint density at radius 1 is 1.19 bits per heavy atom. The summed E-state index contributed by atoms with van der Waals surface area (Å²) in [5, 5.41) is 0. The van der Waals surface area contributed by atoms with Gasteiger partial charge in [-0.25, -0.2) is 9.69 Å². The standard InChI is InChI=1S/C16H17N2O3/c1-13(20)18(16(21)17-9-5-6-10-17)15(12-19)11-14-7-3-2-4-8-14/h2-4,7-8,11H,5-6,9-10H2,1H3. The first-order valence-electron chi connectivity index (χ1n) is 6.88. The van der Waals surface area contributed by atoms with E-state index in [2.05, 4.69) is 0 Å². The zero-order valence-corrected chi connectivity index (χ0v) is 11.9. The summed E-state index contributed by atoms with van der Waals surface area (Å²) in [7, 11) is 0. The van der Waals surface area contributed by atoms with Gasteiger partial charge in [0.05, 0.1) is 0 Å². The van der Waals surface area contributed by atoms with Gasteiger partial charge in [-0.3, -0.25) is 9.59 Å². The second-order valence-corrected chi connectivity index (χ2v) is 4.87. The van der Waals surface area contributed by atoms with Crippen molar-refractivity contribution in [3.8, 4) is 0 Å². The van der Waals surface area contributed by atoms with E-state index in [-0.39, 0.29) is 5.70 Å². The van der Waals surface area contributed by atoms with E-state index in [1.807, 2.05) is 18.2 Å². The third-order valence-electron chi connectivity index (χ3n) is 3.33. The number of nitrogens with zero attached hydrogens (tertiary/aromatic N) is 2. The van der Waals surface area contributed by atoms with E-state index in [9.17, 15) is 14.4 Å². The van der Waals surface area contributed by atoms with Crippen LogP contribution in [-0.4, -0.2) is 41.1 Å². The number of hydrogen-bond acceptors (Lipinski definition) is 3. The number of rotatable bonds is 3. The van der Waals surface area contributed by atoms with Crippen molar-refractivity contribution in [2.24, 2.45) is 0 Å². The highest BCUT2D eigenvalue weighted by molar-refractivity contribution is 6.02. The molecule has 0 aliphatic carbocycles. The lowest BCUT2D eigenvalue weighted by atomic mass is 10.2. The molecule has 21 heavy (non-hydrogen) atoms. The molecule has 2 rings (SSSR count). The van der Waals surface area contributed by atoms with E-state index in [1.54, 1.807) is 23.3 Å². The molecule has 3 amide bonds. The van der Waals surface area contributed by atoms with E-state index < -0.39 is 11.9 Å². The maximum atomic E-state index is 12.4. The summed E-state index contributed by atoms with van der Waals surface area (Å²) in [6, 6.07) is 8.60. The zero-order chi connectivity index (χ0) is 15.2.